The lowest BCUT2D eigenvalue weighted by molar-refractivity contribution is 0.415. The molecule has 23 heavy (non-hydrogen) atoms. The van der Waals surface area contributed by atoms with Crippen molar-refractivity contribution in [2.24, 2.45) is 5.73 Å². The maximum Gasteiger partial charge on any atom is 0.120 e. The van der Waals surface area contributed by atoms with Gasteiger partial charge >= 0.3 is 0 Å². The minimum atomic E-state index is 0.728. The van der Waals surface area contributed by atoms with Gasteiger partial charge in [-0.25, -0.2) is 0 Å². The Balaban J connectivity index is 1.94. The van der Waals surface area contributed by atoms with Gasteiger partial charge in [0.1, 0.15) is 5.75 Å². The van der Waals surface area contributed by atoms with Crippen molar-refractivity contribution in [2.45, 2.75) is 25.7 Å². The second-order valence-electron chi connectivity index (χ2n) is 5.90. The summed E-state index contributed by atoms with van der Waals surface area (Å²) >= 11 is 0. The van der Waals surface area contributed by atoms with Crippen molar-refractivity contribution in [3.05, 3.63) is 59.2 Å². The third-order valence-corrected chi connectivity index (χ3v) is 4.22. The zero-order chi connectivity index (χ0) is 16.1. The van der Waals surface area contributed by atoms with Crippen LogP contribution in [-0.2, 0) is 12.8 Å². The molecule has 0 amide bonds. The van der Waals surface area contributed by atoms with Gasteiger partial charge in [-0.15, -0.1) is 0 Å². The molecule has 0 aromatic heterocycles. The van der Waals surface area contributed by atoms with Gasteiger partial charge in [0.15, 0.2) is 0 Å². The van der Waals surface area contributed by atoms with Gasteiger partial charge in [0.05, 0.1) is 7.11 Å². The molecule has 1 aliphatic carbocycles. The second-order valence-corrected chi connectivity index (χ2v) is 5.90. The number of nitrogens with two attached hydrogens (primary N) is 1. The number of hydrogen-bond donors (Lipinski definition) is 2. The number of aryl methyl sites for hydroxylation is 1. The van der Waals surface area contributed by atoms with Crippen molar-refractivity contribution in [2.75, 3.05) is 19.0 Å². The molecule has 3 heteroatoms. The van der Waals surface area contributed by atoms with E-state index in [-0.39, 0.29) is 0 Å². The Morgan fingerprint density at radius 3 is 2.96 bits per heavy atom. The van der Waals surface area contributed by atoms with Crippen LogP contribution in [0, 0.1) is 0 Å². The van der Waals surface area contributed by atoms with Crippen LogP contribution in [0.1, 0.15) is 29.5 Å². The number of hydrogen-bond acceptors (Lipinski definition) is 3. The molecule has 0 atom stereocenters. The molecule has 0 saturated heterocycles. The van der Waals surface area contributed by atoms with Crippen molar-refractivity contribution < 1.29 is 4.74 Å². The number of allylic oxidation sites excluding steroid dienone is 1. The maximum absolute atomic E-state index is 5.66. The summed E-state index contributed by atoms with van der Waals surface area (Å²) in [5.41, 5.74) is 12.0. The third kappa shape index (κ3) is 3.74. The molecule has 0 aliphatic heterocycles. The summed E-state index contributed by atoms with van der Waals surface area (Å²) in [6.45, 7) is 0.728. The summed E-state index contributed by atoms with van der Waals surface area (Å²) in [4.78, 5) is 0. The lowest BCUT2D eigenvalue weighted by Crippen LogP contribution is -2.05. The monoisotopic (exact) mass is 308 g/mol. The van der Waals surface area contributed by atoms with Crippen LogP contribution in [0.5, 0.6) is 5.75 Å². The lowest BCUT2D eigenvalue weighted by Gasteiger charge is -2.19. The van der Waals surface area contributed by atoms with Crippen LogP contribution in [0.25, 0.3) is 6.08 Å². The Labute approximate surface area is 138 Å². The molecule has 0 unspecified atom stereocenters. The molecule has 2 aromatic rings. The molecule has 0 spiro atoms. The van der Waals surface area contributed by atoms with Crippen LogP contribution in [0.2, 0.25) is 0 Å². The van der Waals surface area contributed by atoms with Crippen LogP contribution >= 0.6 is 0 Å². The van der Waals surface area contributed by atoms with Crippen molar-refractivity contribution in [1.82, 2.24) is 0 Å². The Bertz CT molecular complexity index is 707. The largest absolute Gasteiger partial charge is 0.497 e. The molecule has 3 rings (SSSR count). The average molecular weight is 308 g/mol. The zero-order valence-corrected chi connectivity index (χ0v) is 13.6. The van der Waals surface area contributed by atoms with Gasteiger partial charge in [0.25, 0.3) is 0 Å². The fourth-order valence-corrected chi connectivity index (χ4v) is 3.04. The van der Waals surface area contributed by atoms with Gasteiger partial charge in [-0.2, -0.15) is 0 Å². The Morgan fingerprint density at radius 1 is 1.22 bits per heavy atom. The smallest absolute Gasteiger partial charge is 0.120 e. The maximum atomic E-state index is 5.66. The van der Waals surface area contributed by atoms with Crippen LogP contribution in [0.3, 0.4) is 0 Å². The number of ether oxygens (including phenoxy) is 1. The number of fused-ring (bicyclic) bond motifs is 1. The molecular weight excluding hydrogens is 284 g/mol. The van der Waals surface area contributed by atoms with E-state index in [4.69, 9.17) is 10.5 Å². The van der Waals surface area contributed by atoms with Gasteiger partial charge in [0, 0.05) is 17.4 Å². The SMILES string of the molecule is COc1cccc(Nc2cc(CCCN)cc3c2CCC=C3)c1. The topological polar surface area (TPSA) is 47.3 Å². The highest BCUT2D eigenvalue weighted by atomic mass is 16.5. The molecule has 0 bridgehead atoms. The predicted molar refractivity (Wildman–Crippen MR) is 97.4 cm³/mol. The summed E-state index contributed by atoms with van der Waals surface area (Å²) < 4.78 is 5.32. The van der Waals surface area contributed by atoms with Gasteiger partial charge in [0.2, 0.25) is 0 Å². The number of methoxy groups -OCH3 is 1. The van der Waals surface area contributed by atoms with E-state index in [1.165, 1.54) is 22.4 Å². The first kappa shape index (κ1) is 15.6. The molecule has 0 radical (unpaired) electrons. The normalized spacial score (nSPS) is 12.8. The first-order chi connectivity index (χ1) is 11.3. The number of benzene rings is 2. The van der Waals surface area contributed by atoms with Gasteiger partial charge in [-0.3, -0.25) is 0 Å². The van der Waals surface area contributed by atoms with Crippen LogP contribution in [0.4, 0.5) is 11.4 Å². The summed E-state index contributed by atoms with van der Waals surface area (Å²) in [5.74, 6) is 0.864. The highest BCUT2D eigenvalue weighted by Gasteiger charge is 2.12. The summed E-state index contributed by atoms with van der Waals surface area (Å²) in [6, 6.07) is 12.6. The molecule has 0 fully saturated rings. The lowest BCUT2D eigenvalue weighted by atomic mass is 9.92. The molecule has 3 nitrogen and oxygen atoms in total. The highest BCUT2D eigenvalue weighted by molar-refractivity contribution is 5.72. The molecule has 3 N–H and O–H groups in total. The molecule has 120 valence electrons. The summed E-state index contributed by atoms with van der Waals surface area (Å²) in [6.07, 6.45) is 8.70. The van der Waals surface area contributed by atoms with E-state index in [9.17, 15) is 0 Å². The Kier molecular flexibility index (Phi) is 4.99. The number of anilines is 2. The average Bonchev–Trinajstić information content (AvgIpc) is 2.60. The van der Waals surface area contributed by atoms with E-state index in [0.29, 0.717) is 0 Å². The van der Waals surface area contributed by atoms with E-state index in [0.717, 1.165) is 43.7 Å². The summed E-state index contributed by atoms with van der Waals surface area (Å²) in [5, 5.41) is 3.58. The van der Waals surface area contributed by atoms with Crippen LogP contribution in [0.15, 0.2) is 42.5 Å². The molecule has 2 aromatic carbocycles. The van der Waals surface area contributed by atoms with Gasteiger partial charge in [-0.1, -0.05) is 24.3 Å². The minimum Gasteiger partial charge on any atom is -0.497 e. The van der Waals surface area contributed by atoms with E-state index < -0.39 is 0 Å². The molecule has 1 aliphatic rings. The standard InChI is InChI=1S/C20H24N2O/c1-23-18-9-4-8-17(14-18)22-20-13-15(6-5-11-21)12-16-7-2-3-10-19(16)20/h2,4,7-9,12-14,22H,3,5-6,10-11,21H2,1H3. The first-order valence-corrected chi connectivity index (χ1v) is 8.23. The second kappa shape index (κ2) is 7.34. The Morgan fingerprint density at radius 2 is 2.13 bits per heavy atom. The molecule has 0 heterocycles. The van der Waals surface area contributed by atoms with Crippen LogP contribution < -0.4 is 15.8 Å². The van der Waals surface area contributed by atoms with Gasteiger partial charge < -0.3 is 15.8 Å². The molecular formula is C20H24N2O. The van der Waals surface area contributed by atoms with E-state index >= 15 is 0 Å². The van der Waals surface area contributed by atoms with Gasteiger partial charge in [-0.05, 0) is 67.1 Å². The third-order valence-electron chi connectivity index (χ3n) is 4.22. The van der Waals surface area contributed by atoms with Crippen molar-refractivity contribution in [3.8, 4) is 5.75 Å². The van der Waals surface area contributed by atoms with E-state index in [1.54, 1.807) is 7.11 Å². The number of rotatable bonds is 6. The van der Waals surface area contributed by atoms with Crippen molar-refractivity contribution in [3.63, 3.8) is 0 Å². The zero-order valence-electron chi connectivity index (χ0n) is 13.6. The van der Waals surface area contributed by atoms with Crippen LogP contribution in [-0.4, -0.2) is 13.7 Å². The summed E-state index contributed by atoms with van der Waals surface area (Å²) in [7, 11) is 1.69. The van der Waals surface area contributed by atoms with E-state index in [1.807, 2.05) is 18.2 Å². The van der Waals surface area contributed by atoms with Crippen molar-refractivity contribution in [1.29, 1.82) is 0 Å². The first-order valence-electron chi connectivity index (χ1n) is 8.23. The fraction of sp³-hybridized carbons (Fsp3) is 0.300. The van der Waals surface area contributed by atoms with Crippen molar-refractivity contribution >= 4 is 17.5 Å². The fourth-order valence-electron chi connectivity index (χ4n) is 3.04. The van der Waals surface area contributed by atoms with E-state index in [2.05, 4.69) is 35.7 Å². The quantitative estimate of drug-likeness (QED) is 0.837. The molecule has 0 saturated carbocycles. The predicted octanol–water partition coefficient (Wildman–Crippen LogP) is 4.29. The minimum absolute atomic E-state index is 0.728. The number of nitrogens with one attached hydrogen (secondary N) is 1. The Hall–Kier alpha value is -2.26. The highest BCUT2D eigenvalue weighted by Crippen LogP contribution is 2.32.